The number of nitrogens with zero attached hydrogens (tertiary/aromatic N) is 2. The molecule has 0 radical (unpaired) electrons. The first kappa shape index (κ1) is 14.4. The van der Waals surface area contributed by atoms with Crippen molar-refractivity contribution in [2.75, 3.05) is 31.5 Å². The number of anilines is 1. The molecule has 8 heteroatoms. The summed E-state index contributed by atoms with van der Waals surface area (Å²) in [6.07, 6.45) is 3.77. The first-order valence-corrected chi connectivity index (χ1v) is 9.74. The molecule has 1 aliphatic carbocycles. The first-order valence-electron chi connectivity index (χ1n) is 11.7. The fraction of sp³-hybridized carbons (Fsp3) is 0.524. The van der Waals surface area contributed by atoms with E-state index in [0.717, 1.165) is 23.8 Å². The highest BCUT2D eigenvalue weighted by molar-refractivity contribution is 5.97. The second kappa shape index (κ2) is 6.73. The predicted molar refractivity (Wildman–Crippen MR) is 107 cm³/mol. The van der Waals surface area contributed by atoms with E-state index in [-0.39, 0.29) is 22.7 Å². The van der Waals surface area contributed by atoms with Gasteiger partial charge in [-0.05, 0) is 44.2 Å². The number of benzene rings is 1. The Morgan fingerprint density at radius 1 is 1.38 bits per heavy atom. The zero-order valence-electron chi connectivity index (χ0n) is 19.9. The summed E-state index contributed by atoms with van der Waals surface area (Å²) < 4.78 is 57.8. The van der Waals surface area contributed by atoms with Crippen LogP contribution in [0.5, 0.6) is 5.75 Å². The van der Waals surface area contributed by atoms with Crippen LogP contribution in [0.2, 0.25) is 0 Å². The highest BCUT2D eigenvalue weighted by Gasteiger charge is 2.38. The first-order chi connectivity index (χ1) is 15.5. The molecule has 2 atom stereocenters. The standard InChI is InChI=1S/C21H24FN3O4/c1-29-20-17-13(19(26)14(21(27)28)9-25(17)12-4-5-12)7-15(22)18(20)24-8-11-3-2-6-23-16(11)10-24/h7,9,11-12,16,23H,2-6,8,10H2,1H3,(H,27,28)/i8D2,10D2. The lowest BCUT2D eigenvalue weighted by atomic mass is 9.94. The quantitative estimate of drug-likeness (QED) is 0.813. The zero-order valence-corrected chi connectivity index (χ0v) is 15.9. The van der Waals surface area contributed by atoms with E-state index < -0.39 is 53.4 Å². The van der Waals surface area contributed by atoms with Crippen molar-refractivity contribution < 1.29 is 24.5 Å². The number of pyridine rings is 1. The number of nitrogens with one attached hydrogen (secondary N) is 1. The van der Waals surface area contributed by atoms with E-state index in [9.17, 15) is 14.7 Å². The molecular formula is C21H24FN3O4. The molecule has 3 aliphatic rings. The van der Waals surface area contributed by atoms with Gasteiger partial charge in [0, 0.05) is 34.0 Å². The average molecular weight is 405 g/mol. The van der Waals surface area contributed by atoms with Crippen LogP contribution in [0.4, 0.5) is 10.1 Å². The van der Waals surface area contributed by atoms with Crippen LogP contribution in [-0.2, 0) is 0 Å². The maximum atomic E-state index is 15.7. The summed E-state index contributed by atoms with van der Waals surface area (Å²) in [5.41, 5.74) is -1.64. The van der Waals surface area contributed by atoms with E-state index in [1.165, 1.54) is 13.3 Å². The minimum Gasteiger partial charge on any atom is -0.492 e. The van der Waals surface area contributed by atoms with Gasteiger partial charge >= 0.3 is 5.97 Å². The molecule has 3 fully saturated rings. The molecule has 2 saturated heterocycles. The highest BCUT2D eigenvalue weighted by Crippen LogP contribution is 2.45. The van der Waals surface area contributed by atoms with Crippen LogP contribution < -0.4 is 20.4 Å². The molecule has 0 amide bonds. The van der Waals surface area contributed by atoms with Crippen LogP contribution in [0.3, 0.4) is 0 Å². The summed E-state index contributed by atoms with van der Waals surface area (Å²) in [5.74, 6) is -3.38. The Hall–Kier alpha value is -2.61. The summed E-state index contributed by atoms with van der Waals surface area (Å²) in [6, 6.07) is -0.0987. The topological polar surface area (TPSA) is 83.8 Å². The number of carboxylic acid groups (broad SMARTS) is 1. The smallest absolute Gasteiger partial charge is 0.341 e. The number of hydrogen-bond donors (Lipinski definition) is 2. The normalized spacial score (nSPS) is 29.5. The molecule has 3 heterocycles. The number of halogens is 1. The summed E-state index contributed by atoms with van der Waals surface area (Å²) in [6.45, 7) is -4.00. The van der Waals surface area contributed by atoms with Gasteiger partial charge in [0.2, 0.25) is 5.43 Å². The van der Waals surface area contributed by atoms with Gasteiger partial charge in [-0.1, -0.05) is 0 Å². The number of fused-ring (bicyclic) bond motifs is 2. The lowest BCUT2D eigenvalue weighted by Gasteiger charge is -2.25. The summed E-state index contributed by atoms with van der Waals surface area (Å²) in [4.78, 5) is 25.3. The molecule has 1 aromatic carbocycles. The van der Waals surface area contributed by atoms with Crippen LogP contribution >= 0.6 is 0 Å². The molecule has 154 valence electrons. The second-order valence-electron chi connectivity index (χ2n) is 7.73. The molecule has 2 aliphatic heterocycles. The van der Waals surface area contributed by atoms with Crippen LogP contribution in [0.1, 0.15) is 47.6 Å². The summed E-state index contributed by atoms with van der Waals surface area (Å²) >= 11 is 0. The van der Waals surface area contributed by atoms with Gasteiger partial charge < -0.3 is 24.6 Å². The van der Waals surface area contributed by atoms with Gasteiger partial charge in [0.1, 0.15) is 11.3 Å². The molecule has 2 unspecified atom stereocenters. The number of rotatable bonds is 4. The Bertz CT molecular complexity index is 1210. The van der Waals surface area contributed by atoms with Gasteiger partial charge in [0.15, 0.2) is 11.6 Å². The molecule has 1 aromatic heterocycles. The second-order valence-corrected chi connectivity index (χ2v) is 7.73. The maximum absolute atomic E-state index is 15.7. The third-order valence-electron chi connectivity index (χ3n) is 5.82. The van der Waals surface area contributed by atoms with Crippen LogP contribution in [0.25, 0.3) is 10.9 Å². The Kier molecular flexibility index (Phi) is 3.34. The average Bonchev–Trinajstić information content (AvgIpc) is 3.57. The number of hydrogen-bond acceptors (Lipinski definition) is 5. The third-order valence-corrected chi connectivity index (χ3v) is 5.82. The van der Waals surface area contributed by atoms with Gasteiger partial charge in [-0.3, -0.25) is 4.79 Å². The molecule has 7 nitrogen and oxygen atoms in total. The van der Waals surface area contributed by atoms with Gasteiger partial charge in [-0.2, -0.15) is 0 Å². The predicted octanol–water partition coefficient (Wildman–Crippen LogP) is 2.37. The molecule has 2 aromatic rings. The van der Waals surface area contributed by atoms with Gasteiger partial charge in [0.05, 0.1) is 20.8 Å². The number of carboxylic acids is 1. The molecule has 29 heavy (non-hydrogen) atoms. The van der Waals surface area contributed by atoms with E-state index in [4.69, 9.17) is 10.2 Å². The van der Waals surface area contributed by atoms with Crippen LogP contribution in [0, 0.1) is 11.7 Å². The van der Waals surface area contributed by atoms with Gasteiger partial charge in [0.25, 0.3) is 0 Å². The highest BCUT2D eigenvalue weighted by atomic mass is 19.1. The summed E-state index contributed by atoms with van der Waals surface area (Å²) in [7, 11) is 1.25. The molecule has 5 rings (SSSR count). The molecule has 0 spiro atoms. The fourth-order valence-electron chi connectivity index (χ4n) is 4.27. The monoisotopic (exact) mass is 405 g/mol. The number of methoxy groups -OCH3 is 1. The number of ether oxygens (including phenoxy) is 1. The molecule has 2 N–H and O–H groups in total. The van der Waals surface area contributed by atoms with E-state index in [1.54, 1.807) is 4.57 Å². The van der Waals surface area contributed by atoms with Gasteiger partial charge in [-0.25, -0.2) is 9.18 Å². The van der Waals surface area contributed by atoms with Crippen molar-refractivity contribution in [3.05, 3.63) is 33.9 Å². The lowest BCUT2D eigenvalue weighted by Crippen LogP contribution is -2.40. The van der Waals surface area contributed by atoms with E-state index in [0.29, 0.717) is 19.4 Å². The molecule has 1 saturated carbocycles. The lowest BCUT2D eigenvalue weighted by molar-refractivity contribution is 0.0695. The zero-order chi connectivity index (χ0) is 23.9. The minimum atomic E-state index is -2.29. The molecule has 0 bridgehead atoms. The van der Waals surface area contributed by atoms with Crippen molar-refractivity contribution in [3.8, 4) is 5.75 Å². The van der Waals surface area contributed by atoms with Crippen molar-refractivity contribution in [3.63, 3.8) is 0 Å². The Labute approximate surface area is 172 Å². The SMILES string of the molecule is [2H]C1([2H])C2CCCNC2C([2H])([2H])N1c1c(F)cc2c(=O)c(C(=O)O)cn(C3CC3)c2c1OC. The summed E-state index contributed by atoms with van der Waals surface area (Å²) in [5, 5.41) is 12.3. The minimum absolute atomic E-state index is 0.116. The largest absolute Gasteiger partial charge is 0.492 e. The van der Waals surface area contributed by atoms with E-state index in [1.807, 2.05) is 0 Å². The fourth-order valence-corrected chi connectivity index (χ4v) is 4.27. The van der Waals surface area contributed by atoms with Crippen LogP contribution in [-0.4, -0.2) is 48.3 Å². The van der Waals surface area contributed by atoms with E-state index in [2.05, 4.69) is 5.32 Å². The number of aromatic carboxylic acids is 1. The van der Waals surface area contributed by atoms with E-state index >= 15 is 4.39 Å². The number of carbonyl (C=O) groups is 1. The maximum Gasteiger partial charge on any atom is 0.341 e. The Morgan fingerprint density at radius 3 is 2.83 bits per heavy atom. The number of piperidine rings is 1. The Morgan fingerprint density at radius 2 is 2.17 bits per heavy atom. The Balaban J connectivity index is 1.84. The van der Waals surface area contributed by atoms with Crippen molar-refractivity contribution in [2.45, 2.75) is 37.8 Å². The van der Waals surface area contributed by atoms with Crippen LogP contribution in [0.15, 0.2) is 17.1 Å². The van der Waals surface area contributed by atoms with Crippen molar-refractivity contribution in [1.82, 2.24) is 9.88 Å². The van der Waals surface area contributed by atoms with Gasteiger partial charge in [-0.15, -0.1) is 0 Å². The van der Waals surface area contributed by atoms with Crippen molar-refractivity contribution in [1.29, 1.82) is 0 Å². The number of aromatic nitrogens is 1. The molecular weight excluding hydrogens is 377 g/mol. The van der Waals surface area contributed by atoms with Crippen molar-refractivity contribution >= 4 is 22.6 Å². The van der Waals surface area contributed by atoms with Crippen molar-refractivity contribution in [2.24, 2.45) is 5.92 Å². The third kappa shape index (κ3) is 2.88.